The highest BCUT2D eigenvalue weighted by molar-refractivity contribution is 7.71. The van der Waals surface area contributed by atoms with E-state index in [1.165, 1.54) is 29.2 Å². The van der Waals surface area contributed by atoms with E-state index >= 15 is 0 Å². The van der Waals surface area contributed by atoms with E-state index in [1.807, 2.05) is 0 Å². The summed E-state index contributed by atoms with van der Waals surface area (Å²) in [4.78, 5) is 28.9. The minimum absolute atomic E-state index is 0.0998. The van der Waals surface area contributed by atoms with Crippen LogP contribution in [0.25, 0.3) is 16.6 Å². The molecule has 1 heterocycles. The molecule has 0 saturated heterocycles. The molecule has 1 amide bonds. The lowest BCUT2D eigenvalue weighted by molar-refractivity contribution is 0.0891. The van der Waals surface area contributed by atoms with Gasteiger partial charge in [0.25, 0.3) is 11.5 Å². The van der Waals surface area contributed by atoms with Crippen molar-refractivity contribution in [2.75, 3.05) is 0 Å². The SMILES string of the molecule is C[C@@H]1[C@H](C)CCC[C@H]1NC(=O)c1ccc2c(=O)n(-c3ccc(F)c(Cl)c3)c(=S)[nH]c2c1. The fourth-order valence-electron chi connectivity index (χ4n) is 4.26. The standard InChI is InChI=1S/C23H23ClFN3O2S/c1-12-4-3-5-19(13(12)2)26-21(29)14-6-8-16-20(10-14)27-23(31)28(22(16)30)15-7-9-18(25)17(24)11-15/h6-13,19H,3-5H2,1-2H3,(H,26,29)(H,27,31)/t12-,13-,19-/m1/s1. The number of rotatable bonds is 3. The van der Waals surface area contributed by atoms with Gasteiger partial charge in [-0.25, -0.2) is 4.39 Å². The molecule has 2 N–H and O–H groups in total. The highest BCUT2D eigenvalue weighted by atomic mass is 35.5. The first-order valence-corrected chi connectivity index (χ1v) is 11.1. The van der Waals surface area contributed by atoms with Crippen LogP contribution in [0.15, 0.2) is 41.2 Å². The second-order valence-electron chi connectivity index (χ2n) is 8.28. The monoisotopic (exact) mass is 459 g/mol. The third kappa shape index (κ3) is 4.16. The Balaban J connectivity index is 1.69. The molecule has 1 aromatic heterocycles. The molecule has 0 bridgehead atoms. The second-order valence-corrected chi connectivity index (χ2v) is 9.07. The van der Waals surface area contributed by atoms with Gasteiger partial charge >= 0.3 is 0 Å². The predicted octanol–water partition coefficient (Wildman–Crippen LogP) is 5.40. The number of aromatic nitrogens is 2. The molecule has 1 aliphatic rings. The summed E-state index contributed by atoms with van der Waals surface area (Å²) in [5.74, 6) is 0.247. The predicted molar refractivity (Wildman–Crippen MR) is 123 cm³/mol. The largest absolute Gasteiger partial charge is 0.349 e. The highest BCUT2D eigenvalue weighted by Gasteiger charge is 2.28. The van der Waals surface area contributed by atoms with Gasteiger partial charge in [0.05, 0.1) is 21.6 Å². The molecule has 0 radical (unpaired) electrons. The lowest BCUT2D eigenvalue weighted by Gasteiger charge is -2.34. The molecule has 4 rings (SSSR count). The number of carbonyl (C=O) groups excluding carboxylic acids is 1. The van der Waals surface area contributed by atoms with Crippen molar-refractivity contribution in [1.82, 2.24) is 14.9 Å². The van der Waals surface area contributed by atoms with Gasteiger partial charge in [-0.15, -0.1) is 0 Å². The minimum Gasteiger partial charge on any atom is -0.349 e. The maximum absolute atomic E-state index is 13.5. The molecule has 1 aliphatic carbocycles. The summed E-state index contributed by atoms with van der Waals surface area (Å²) in [6.07, 6.45) is 3.26. The second kappa shape index (κ2) is 8.55. The molecule has 0 aliphatic heterocycles. The van der Waals surface area contributed by atoms with Crippen molar-refractivity contribution in [3.63, 3.8) is 0 Å². The average Bonchev–Trinajstić information content (AvgIpc) is 2.73. The molecule has 0 unspecified atom stereocenters. The maximum Gasteiger partial charge on any atom is 0.266 e. The van der Waals surface area contributed by atoms with Crippen molar-refractivity contribution >= 4 is 40.6 Å². The molecule has 0 spiro atoms. The Bertz CT molecular complexity index is 1290. The number of carbonyl (C=O) groups is 1. The molecule has 162 valence electrons. The van der Waals surface area contributed by atoms with E-state index in [0.29, 0.717) is 34.0 Å². The van der Waals surface area contributed by atoms with Gasteiger partial charge < -0.3 is 10.3 Å². The lowest BCUT2D eigenvalue weighted by atomic mass is 9.78. The van der Waals surface area contributed by atoms with Crippen LogP contribution >= 0.6 is 23.8 Å². The zero-order valence-corrected chi connectivity index (χ0v) is 18.8. The summed E-state index contributed by atoms with van der Waals surface area (Å²) in [7, 11) is 0. The number of benzene rings is 2. The molecule has 3 aromatic rings. The molecule has 1 saturated carbocycles. The normalized spacial score (nSPS) is 21.2. The number of nitrogens with zero attached hydrogens (tertiary/aromatic N) is 1. The van der Waals surface area contributed by atoms with Crippen LogP contribution in [0.3, 0.4) is 0 Å². The van der Waals surface area contributed by atoms with Gasteiger partial charge in [-0.3, -0.25) is 14.2 Å². The van der Waals surface area contributed by atoms with Crippen LogP contribution in [-0.4, -0.2) is 21.5 Å². The van der Waals surface area contributed by atoms with Gasteiger partial charge in [-0.05, 0) is 66.9 Å². The number of nitrogens with one attached hydrogen (secondary N) is 2. The minimum atomic E-state index is -0.577. The number of H-pyrrole nitrogens is 1. The smallest absolute Gasteiger partial charge is 0.266 e. The number of halogens is 2. The molecule has 8 heteroatoms. The van der Waals surface area contributed by atoms with E-state index < -0.39 is 5.82 Å². The van der Waals surface area contributed by atoms with Crippen LogP contribution < -0.4 is 10.9 Å². The number of aromatic amines is 1. The Morgan fingerprint density at radius 3 is 2.74 bits per heavy atom. The van der Waals surface area contributed by atoms with E-state index in [2.05, 4.69) is 24.1 Å². The van der Waals surface area contributed by atoms with Gasteiger partial charge in [0.2, 0.25) is 0 Å². The third-order valence-corrected chi connectivity index (χ3v) is 6.92. The van der Waals surface area contributed by atoms with Crippen molar-refractivity contribution in [2.45, 2.75) is 39.2 Å². The van der Waals surface area contributed by atoms with E-state index in [-0.39, 0.29) is 27.3 Å². The summed E-state index contributed by atoms with van der Waals surface area (Å²) in [6, 6.07) is 8.99. The van der Waals surface area contributed by atoms with Gasteiger partial charge in [0.15, 0.2) is 4.77 Å². The quantitative estimate of drug-likeness (QED) is 0.515. The molecule has 5 nitrogen and oxygen atoms in total. The van der Waals surface area contributed by atoms with Gasteiger partial charge in [-0.1, -0.05) is 38.3 Å². The Morgan fingerprint density at radius 2 is 2.00 bits per heavy atom. The topological polar surface area (TPSA) is 66.9 Å². The van der Waals surface area contributed by atoms with Gasteiger partial charge in [-0.2, -0.15) is 0 Å². The Labute approximate surface area is 189 Å². The summed E-state index contributed by atoms with van der Waals surface area (Å²) < 4.78 is 14.9. The van der Waals surface area contributed by atoms with E-state index in [9.17, 15) is 14.0 Å². The third-order valence-electron chi connectivity index (χ3n) is 6.34. The molecular weight excluding hydrogens is 437 g/mol. The first kappa shape index (κ1) is 21.7. The van der Waals surface area contributed by atoms with E-state index in [4.69, 9.17) is 23.8 Å². The van der Waals surface area contributed by atoms with Crippen LogP contribution in [0.5, 0.6) is 0 Å². The van der Waals surface area contributed by atoms with E-state index in [1.54, 1.807) is 18.2 Å². The molecule has 1 fully saturated rings. The first-order valence-electron chi connectivity index (χ1n) is 10.3. The zero-order valence-electron chi connectivity index (χ0n) is 17.2. The highest BCUT2D eigenvalue weighted by Crippen LogP contribution is 2.29. The summed E-state index contributed by atoms with van der Waals surface area (Å²) in [5, 5.41) is 3.41. The lowest BCUT2D eigenvalue weighted by Crippen LogP contribution is -2.43. The fourth-order valence-corrected chi connectivity index (χ4v) is 4.73. The van der Waals surface area contributed by atoms with Crippen molar-refractivity contribution in [3.8, 4) is 5.69 Å². The molecule has 3 atom stereocenters. The van der Waals surface area contributed by atoms with Crippen molar-refractivity contribution in [1.29, 1.82) is 0 Å². The number of hydrogen-bond acceptors (Lipinski definition) is 3. The number of amides is 1. The molecule has 31 heavy (non-hydrogen) atoms. The van der Waals surface area contributed by atoms with Gasteiger partial charge in [0.1, 0.15) is 5.82 Å². The summed E-state index contributed by atoms with van der Waals surface area (Å²) in [5.41, 5.74) is 0.924. The molecular formula is C23H23ClFN3O2S. The fraction of sp³-hybridized carbons (Fsp3) is 0.348. The van der Waals surface area contributed by atoms with Gasteiger partial charge in [0, 0.05) is 11.6 Å². The van der Waals surface area contributed by atoms with Crippen LogP contribution in [0.4, 0.5) is 4.39 Å². The summed E-state index contributed by atoms with van der Waals surface area (Å²) in [6.45, 7) is 4.40. The zero-order chi connectivity index (χ0) is 22.3. The van der Waals surface area contributed by atoms with Crippen LogP contribution in [0.1, 0.15) is 43.5 Å². The number of hydrogen-bond donors (Lipinski definition) is 2. The Hall–Kier alpha value is -2.51. The van der Waals surface area contributed by atoms with Crippen LogP contribution in [0, 0.1) is 22.4 Å². The maximum atomic E-state index is 13.5. The first-order chi connectivity index (χ1) is 14.8. The van der Waals surface area contributed by atoms with Crippen LogP contribution in [-0.2, 0) is 0 Å². The Morgan fingerprint density at radius 1 is 1.23 bits per heavy atom. The van der Waals surface area contributed by atoms with Crippen LogP contribution in [0.2, 0.25) is 5.02 Å². The van der Waals surface area contributed by atoms with E-state index in [0.717, 1.165) is 12.8 Å². The Kier molecular flexibility index (Phi) is 5.99. The summed E-state index contributed by atoms with van der Waals surface area (Å²) >= 11 is 11.2. The average molecular weight is 460 g/mol. The van der Waals surface area contributed by atoms with Crippen molar-refractivity contribution in [3.05, 3.63) is 67.9 Å². The number of fused-ring (bicyclic) bond motifs is 1. The van der Waals surface area contributed by atoms with Crippen molar-refractivity contribution in [2.24, 2.45) is 11.8 Å². The van der Waals surface area contributed by atoms with Crippen molar-refractivity contribution < 1.29 is 9.18 Å². The molecule has 2 aromatic carbocycles.